The summed E-state index contributed by atoms with van der Waals surface area (Å²) in [5, 5.41) is 12.4. The first-order valence-corrected chi connectivity index (χ1v) is 8.36. The topological polar surface area (TPSA) is 70.4 Å². The number of nitrogens with one attached hydrogen (secondary N) is 1. The van der Waals surface area contributed by atoms with Crippen LogP contribution in [0, 0.1) is 5.92 Å². The van der Waals surface area contributed by atoms with Gasteiger partial charge in [0.1, 0.15) is 0 Å². The highest BCUT2D eigenvalue weighted by molar-refractivity contribution is 5.75. The van der Waals surface area contributed by atoms with E-state index in [0.29, 0.717) is 19.0 Å². The number of hydrogen-bond donors (Lipinski definition) is 2. The maximum absolute atomic E-state index is 12.4. The second kappa shape index (κ2) is 7.49. The molecule has 6 nitrogen and oxygen atoms in total. The molecule has 0 bridgehead atoms. The summed E-state index contributed by atoms with van der Waals surface area (Å²) in [6, 6.07) is 8.00. The Hall–Kier alpha value is -2.34. The minimum Gasteiger partial charge on any atom is -0.394 e. The Morgan fingerprint density at radius 1 is 1.42 bits per heavy atom. The second-order valence-electron chi connectivity index (χ2n) is 6.42. The van der Waals surface area contributed by atoms with Gasteiger partial charge in [0.05, 0.1) is 19.0 Å². The number of imidazole rings is 1. The number of hydrogen-bond acceptors (Lipinski definition) is 3. The number of likely N-dealkylation sites (tertiary alicyclic amines) is 1. The van der Waals surface area contributed by atoms with Gasteiger partial charge in [-0.3, -0.25) is 0 Å². The van der Waals surface area contributed by atoms with E-state index in [1.54, 1.807) is 17.4 Å². The number of urea groups is 1. The van der Waals surface area contributed by atoms with E-state index in [1.165, 1.54) is 5.56 Å². The molecule has 0 radical (unpaired) electrons. The molecule has 2 atom stereocenters. The summed E-state index contributed by atoms with van der Waals surface area (Å²) in [7, 11) is 0. The molecule has 6 heteroatoms. The van der Waals surface area contributed by atoms with Gasteiger partial charge in [-0.05, 0) is 23.5 Å². The number of carbonyl (C=O) groups is 1. The Balaban J connectivity index is 1.57. The number of benzene rings is 1. The summed E-state index contributed by atoms with van der Waals surface area (Å²) in [6.45, 7) is 4.05. The van der Waals surface area contributed by atoms with Crippen LogP contribution >= 0.6 is 0 Å². The van der Waals surface area contributed by atoms with Crippen molar-refractivity contribution in [2.45, 2.75) is 32.5 Å². The summed E-state index contributed by atoms with van der Waals surface area (Å²) >= 11 is 0. The van der Waals surface area contributed by atoms with Gasteiger partial charge in [-0.25, -0.2) is 9.78 Å². The Labute approximate surface area is 142 Å². The number of carbonyl (C=O) groups excluding carboxylic acids is 1. The van der Waals surface area contributed by atoms with E-state index in [2.05, 4.69) is 29.4 Å². The highest BCUT2D eigenvalue weighted by atomic mass is 16.3. The first-order chi connectivity index (χ1) is 11.7. The number of aliphatic hydroxyl groups excluding tert-OH is 1. The zero-order valence-corrected chi connectivity index (χ0v) is 13.9. The first kappa shape index (κ1) is 16.5. The summed E-state index contributed by atoms with van der Waals surface area (Å²) in [4.78, 5) is 18.2. The monoisotopic (exact) mass is 328 g/mol. The smallest absolute Gasteiger partial charge is 0.318 e. The van der Waals surface area contributed by atoms with Crippen LogP contribution in [-0.4, -0.2) is 44.8 Å². The van der Waals surface area contributed by atoms with Crippen molar-refractivity contribution in [3.05, 3.63) is 54.1 Å². The van der Waals surface area contributed by atoms with Gasteiger partial charge in [-0.1, -0.05) is 31.2 Å². The molecule has 0 spiro atoms. The quantitative estimate of drug-likeness (QED) is 0.880. The highest BCUT2D eigenvalue weighted by Crippen LogP contribution is 2.23. The average molecular weight is 328 g/mol. The lowest BCUT2D eigenvalue weighted by molar-refractivity contribution is 0.143. The lowest BCUT2D eigenvalue weighted by Gasteiger charge is -2.25. The molecular weight excluding hydrogens is 304 g/mol. The minimum atomic E-state index is -0.0987. The third kappa shape index (κ3) is 3.76. The van der Waals surface area contributed by atoms with Crippen molar-refractivity contribution in [2.24, 2.45) is 5.92 Å². The van der Waals surface area contributed by atoms with E-state index in [0.717, 1.165) is 18.5 Å². The van der Waals surface area contributed by atoms with E-state index in [-0.39, 0.29) is 18.7 Å². The molecule has 2 amide bonds. The molecule has 3 rings (SSSR count). The second-order valence-corrected chi connectivity index (χ2v) is 6.42. The van der Waals surface area contributed by atoms with Crippen molar-refractivity contribution in [3.8, 4) is 0 Å². The van der Waals surface area contributed by atoms with Crippen LogP contribution in [0.25, 0.3) is 0 Å². The molecule has 1 fully saturated rings. The van der Waals surface area contributed by atoms with E-state index in [4.69, 9.17) is 0 Å². The van der Waals surface area contributed by atoms with Gasteiger partial charge in [-0.2, -0.15) is 0 Å². The largest absolute Gasteiger partial charge is 0.394 e. The van der Waals surface area contributed by atoms with Crippen molar-refractivity contribution in [1.82, 2.24) is 19.8 Å². The van der Waals surface area contributed by atoms with Crippen LogP contribution < -0.4 is 5.32 Å². The van der Waals surface area contributed by atoms with Crippen molar-refractivity contribution in [1.29, 1.82) is 0 Å². The summed E-state index contributed by atoms with van der Waals surface area (Å²) < 4.78 is 2.01. The van der Waals surface area contributed by atoms with Gasteiger partial charge in [0, 0.05) is 32.0 Å². The summed E-state index contributed by atoms with van der Waals surface area (Å²) in [5.41, 5.74) is 2.23. The van der Waals surface area contributed by atoms with Crippen molar-refractivity contribution >= 4 is 6.03 Å². The van der Waals surface area contributed by atoms with Gasteiger partial charge < -0.3 is 19.9 Å². The third-order valence-corrected chi connectivity index (χ3v) is 4.69. The van der Waals surface area contributed by atoms with Gasteiger partial charge in [0.15, 0.2) is 0 Å². The fourth-order valence-electron chi connectivity index (χ4n) is 3.25. The standard InChI is InChI=1S/C18H24N4O2/c1-14-5-7-22(17(14)12-23)18(24)20-10-15-3-2-4-16(9-15)11-21-8-6-19-13-21/h2-4,6,8-9,13-14,17,23H,5,7,10-12H2,1H3,(H,20,24)/t14-,17-/m1/s1. The molecular formula is C18H24N4O2. The van der Waals surface area contributed by atoms with Crippen LogP contribution in [0.4, 0.5) is 4.79 Å². The SMILES string of the molecule is C[C@@H]1CCN(C(=O)NCc2cccc(Cn3ccnc3)c2)[C@@H]1CO. The number of aliphatic hydroxyl groups is 1. The summed E-state index contributed by atoms with van der Waals surface area (Å²) in [6.07, 6.45) is 6.42. The molecule has 1 aliphatic rings. The zero-order valence-electron chi connectivity index (χ0n) is 13.9. The molecule has 2 heterocycles. The van der Waals surface area contributed by atoms with Gasteiger partial charge >= 0.3 is 6.03 Å². The number of amides is 2. The Morgan fingerprint density at radius 2 is 2.25 bits per heavy atom. The van der Waals surface area contributed by atoms with E-state index in [9.17, 15) is 9.90 Å². The molecule has 128 valence electrons. The van der Waals surface area contributed by atoms with Crippen LogP contribution in [0.5, 0.6) is 0 Å². The molecule has 1 aliphatic heterocycles. The minimum absolute atomic E-state index is 0.0228. The molecule has 2 N–H and O–H groups in total. The molecule has 1 saturated heterocycles. The van der Waals surface area contributed by atoms with E-state index >= 15 is 0 Å². The number of rotatable bonds is 5. The lowest BCUT2D eigenvalue weighted by atomic mass is 10.0. The molecule has 2 aromatic rings. The van der Waals surface area contributed by atoms with Crippen LogP contribution in [0.1, 0.15) is 24.5 Å². The van der Waals surface area contributed by atoms with Gasteiger partial charge in [0.2, 0.25) is 0 Å². The normalized spacial score (nSPS) is 20.3. The zero-order chi connectivity index (χ0) is 16.9. The predicted molar refractivity (Wildman–Crippen MR) is 91.4 cm³/mol. The molecule has 0 saturated carbocycles. The maximum Gasteiger partial charge on any atom is 0.318 e. The third-order valence-electron chi connectivity index (χ3n) is 4.69. The summed E-state index contributed by atoms with van der Waals surface area (Å²) in [5.74, 6) is 0.347. The van der Waals surface area contributed by atoms with Crippen LogP contribution in [0.15, 0.2) is 43.0 Å². The average Bonchev–Trinajstić information content (AvgIpc) is 3.22. The van der Waals surface area contributed by atoms with Crippen LogP contribution in [-0.2, 0) is 13.1 Å². The van der Waals surface area contributed by atoms with Crippen molar-refractivity contribution in [3.63, 3.8) is 0 Å². The van der Waals surface area contributed by atoms with Gasteiger partial charge in [-0.15, -0.1) is 0 Å². The van der Waals surface area contributed by atoms with Crippen molar-refractivity contribution < 1.29 is 9.90 Å². The Bertz CT molecular complexity index is 671. The lowest BCUT2D eigenvalue weighted by Crippen LogP contribution is -2.45. The number of aromatic nitrogens is 2. The predicted octanol–water partition coefficient (Wildman–Crippen LogP) is 1.84. The molecule has 1 aromatic heterocycles. The fraction of sp³-hybridized carbons (Fsp3) is 0.444. The molecule has 24 heavy (non-hydrogen) atoms. The molecule has 0 aliphatic carbocycles. The fourth-order valence-corrected chi connectivity index (χ4v) is 3.25. The maximum atomic E-state index is 12.4. The van der Waals surface area contributed by atoms with Crippen LogP contribution in [0.2, 0.25) is 0 Å². The van der Waals surface area contributed by atoms with Crippen LogP contribution in [0.3, 0.4) is 0 Å². The first-order valence-electron chi connectivity index (χ1n) is 8.36. The van der Waals surface area contributed by atoms with E-state index < -0.39 is 0 Å². The molecule has 0 unspecified atom stereocenters. The Kier molecular flexibility index (Phi) is 5.15. The Morgan fingerprint density at radius 3 is 3.00 bits per heavy atom. The van der Waals surface area contributed by atoms with Gasteiger partial charge in [0.25, 0.3) is 0 Å². The highest BCUT2D eigenvalue weighted by Gasteiger charge is 2.33. The number of nitrogens with zero attached hydrogens (tertiary/aromatic N) is 3. The molecule has 1 aromatic carbocycles. The van der Waals surface area contributed by atoms with E-state index in [1.807, 2.05) is 22.9 Å². The van der Waals surface area contributed by atoms with Crippen molar-refractivity contribution in [2.75, 3.05) is 13.2 Å².